The molecule has 1 fully saturated rings. The zero-order chi connectivity index (χ0) is 22.9. The number of rotatable bonds is 4. The van der Waals surface area contributed by atoms with Crippen molar-refractivity contribution < 1.29 is 18.1 Å². The van der Waals surface area contributed by atoms with Crippen LogP contribution in [0.1, 0.15) is 0 Å². The molecule has 0 radical (unpaired) electrons. The minimum Gasteiger partial charge on any atom is -0.322 e. The molecular weight excluding hydrogens is 458 g/mol. The van der Waals surface area contributed by atoms with Crippen LogP contribution in [0.2, 0.25) is 5.02 Å². The summed E-state index contributed by atoms with van der Waals surface area (Å²) in [5.74, 6) is 0. The van der Waals surface area contributed by atoms with Crippen LogP contribution < -0.4 is 5.32 Å². The van der Waals surface area contributed by atoms with Gasteiger partial charge in [0.15, 0.2) is 0 Å². The third-order valence-corrected chi connectivity index (χ3v) is 7.45. The molecule has 1 aromatic heterocycles. The molecule has 2 aromatic carbocycles. The maximum Gasteiger partial charge on any atom is 0.321 e. The van der Waals surface area contributed by atoms with Crippen LogP contribution in [0, 0.1) is 10.1 Å². The van der Waals surface area contributed by atoms with Gasteiger partial charge < -0.3 is 10.2 Å². The highest BCUT2D eigenvalue weighted by Gasteiger charge is 2.31. The molecule has 12 heteroatoms. The van der Waals surface area contributed by atoms with Crippen LogP contribution in [0.3, 0.4) is 0 Å². The molecule has 166 valence electrons. The molecule has 1 N–H and O–H groups in total. The largest absolute Gasteiger partial charge is 0.322 e. The number of urea groups is 1. The molecule has 0 aliphatic carbocycles. The van der Waals surface area contributed by atoms with Crippen molar-refractivity contribution in [3.63, 3.8) is 0 Å². The van der Waals surface area contributed by atoms with Gasteiger partial charge in [0, 0.05) is 61.1 Å². The second-order valence-electron chi connectivity index (χ2n) is 7.10. The molecule has 2 amide bonds. The van der Waals surface area contributed by atoms with Crippen molar-refractivity contribution in [2.75, 3.05) is 31.5 Å². The lowest BCUT2D eigenvalue weighted by atomic mass is 10.2. The normalized spacial score (nSPS) is 15.0. The van der Waals surface area contributed by atoms with Gasteiger partial charge >= 0.3 is 6.03 Å². The van der Waals surface area contributed by atoms with Gasteiger partial charge in [-0.05, 0) is 24.3 Å². The Bertz CT molecular complexity index is 1300. The number of hydrogen-bond donors (Lipinski definition) is 1. The van der Waals surface area contributed by atoms with E-state index in [1.165, 1.54) is 27.4 Å². The zero-order valence-electron chi connectivity index (χ0n) is 16.6. The summed E-state index contributed by atoms with van der Waals surface area (Å²) in [5, 5.41) is 14.9. The minimum absolute atomic E-state index is 0.0314. The summed E-state index contributed by atoms with van der Waals surface area (Å²) < 4.78 is 27.8. The Balaban J connectivity index is 1.45. The van der Waals surface area contributed by atoms with Gasteiger partial charge in [0.05, 0.1) is 9.82 Å². The SMILES string of the molecule is O=C(Nc1ccc(Cl)c([N+](=O)[O-])c1)N1CCN(S(=O)(=O)c2cccc3cnccc23)CC1. The number of amides is 2. The van der Waals surface area contributed by atoms with E-state index >= 15 is 0 Å². The predicted molar refractivity (Wildman–Crippen MR) is 119 cm³/mol. The number of carbonyl (C=O) groups is 1. The molecule has 4 rings (SSSR count). The zero-order valence-corrected chi connectivity index (χ0v) is 18.2. The fourth-order valence-electron chi connectivity index (χ4n) is 3.52. The van der Waals surface area contributed by atoms with Crippen molar-refractivity contribution in [1.82, 2.24) is 14.2 Å². The fourth-order valence-corrected chi connectivity index (χ4v) is 5.34. The molecular formula is C20H18ClN5O5S. The predicted octanol–water partition coefficient (Wildman–Crippen LogP) is 3.33. The number of sulfonamides is 1. The molecule has 10 nitrogen and oxygen atoms in total. The van der Waals surface area contributed by atoms with Gasteiger partial charge in [-0.1, -0.05) is 23.7 Å². The highest BCUT2D eigenvalue weighted by Crippen LogP contribution is 2.28. The highest BCUT2D eigenvalue weighted by atomic mass is 35.5. The van der Waals surface area contributed by atoms with E-state index in [4.69, 9.17) is 11.6 Å². The van der Waals surface area contributed by atoms with E-state index < -0.39 is 21.0 Å². The molecule has 0 bridgehead atoms. The first-order chi connectivity index (χ1) is 15.3. The summed E-state index contributed by atoms with van der Waals surface area (Å²) in [6.45, 7) is 0.593. The number of nitrogens with zero attached hydrogens (tertiary/aromatic N) is 4. The monoisotopic (exact) mass is 475 g/mol. The van der Waals surface area contributed by atoms with E-state index in [1.807, 2.05) is 0 Å². The Kier molecular flexibility index (Phi) is 5.96. The summed E-state index contributed by atoms with van der Waals surface area (Å²) in [6.07, 6.45) is 3.16. The Hall–Kier alpha value is -3.28. The van der Waals surface area contributed by atoms with E-state index in [9.17, 15) is 23.3 Å². The van der Waals surface area contributed by atoms with Gasteiger partial charge in [-0.2, -0.15) is 4.31 Å². The number of pyridine rings is 1. The van der Waals surface area contributed by atoms with Gasteiger partial charge in [0.25, 0.3) is 5.69 Å². The average Bonchev–Trinajstić information content (AvgIpc) is 2.79. The van der Waals surface area contributed by atoms with Crippen LogP contribution in [0.25, 0.3) is 10.8 Å². The van der Waals surface area contributed by atoms with Crippen LogP contribution in [0.4, 0.5) is 16.2 Å². The summed E-state index contributed by atoms with van der Waals surface area (Å²) >= 11 is 5.79. The van der Waals surface area contributed by atoms with E-state index in [-0.39, 0.29) is 47.5 Å². The van der Waals surface area contributed by atoms with Crippen molar-refractivity contribution >= 4 is 49.8 Å². The molecule has 0 unspecified atom stereocenters. The van der Waals surface area contributed by atoms with Crippen molar-refractivity contribution in [2.45, 2.75) is 4.90 Å². The minimum atomic E-state index is -3.76. The Morgan fingerprint density at radius 3 is 2.59 bits per heavy atom. The molecule has 0 spiro atoms. The number of fused-ring (bicyclic) bond motifs is 1. The molecule has 3 aromatic rings. The number of piperazine rings is 1. The van der Waals surface area contributed by atoms with E-state index in [1.54, 1.807) is 36.7 Å². The number of nitro groups is 1. The van der Waals surface area contributed by atoms with Crippen molar-refractivity contribution in [1.29, 1.82) is 0 Å². The number of benzene rings is 2. The molecule has 1 aliphatic rings. The smallest absolute Gasteiger partial charge is 0.321 e. The average molecular weight is 476 g/mol. The second-order valence-corrected chi connectivity index (χ2v) is 9.41. The van der Waals surface area contributed by atoms with E-state index in [0.717, 1.165) is 5.39 Å². The van der Waals surface area contributed by atoms with E-state index in [0.29, 0.717) is 5.39 Å². The highest BCUT2D eigenvalue weighted by molar-refractivity contribution is 7.89. The van der Waals surface area contributed by atoms with Crippen molar-refractivity contribution in [3.05, 3.63) is 70.0 Å². The second kappa shape index (κ2) is 8.69. The molecule has 0 saturated carbocycles. The summed E-state index contributed by atoms with van der Waals surface area (Å²) in [5.41, 5.74) is -0.0869. The van der Waals surface area contributed by atoms with E-state index in [2.05, 4.69) is 10.3 Å². The molecule has 0 atom stereocenters. The maximum absolute atomic E-state index is 13.2. The summed E-state index contributed by atoms with van der Waals surface area (Å²) in [7, 11) is -3.76. The van der Waals surface area contributed by atoms with Crippen LogP contribution in [0.5, 0.6) is 0 Å². The van der Waals surface area contributed by atoms with Gasteiger partial charge in [0.1, 0.15) is 5.02 Å². The summed E-state index contributed by atoms with van der Waals surface area (Å²) in [6, 6.07) is 10.2. The number of halogens is 1. The number of hydrogen-bond acceptors (Lipinski definition) is 6. The standard InChI is InChI=1S/C20H18ClN5O5S/c21-17-5-4-15(12-18(17)26(28)29)23-20(27)24-8-10-25(11-9-24)32(30,31)19-3-1-2-14-13-22-7-6-16(14)19/h1-7,12-13H,8-11H2,(H,23,27). The van der Waals surface area contributed by atoms with Gasteiger partial charge in [0.2, 0.25) is 10.0 Å². The first-order valence-corrected chi connectivity index (χ1v) is 11.4. The third kappa shape index (κ3) is 4.22. The molecule has 2 heterocycles. The van der Waals surface area contributed by atoms with Crippen molar-refractivity contribution in [2.24, 2.45) is 0 Å². The number of carbonyl (C=O) groups excluding carboxylic acids is 1. The number of anilines is 1. The molecule has 1 aliphatic heterocycles. The molecule has 32 heavy (non-hydrogen) atoms. The Morgan fingerprint density at radius 1 is 1.12 bits per heavy atom. The topological polar surface area (TPSA) is 126 Å². The first-order valence-electron chi connectivity index (χ1n) is 9.60. The lowest BCUT2D eigenvalue weighted by Gasteiger charge is -2.34. The van der Waals surface area contributed by atoms with Gasteiger partial charge in [-0.3, -0.25) is 15.1 Å². The molecule has 1 saturated heterocycles. The Labute approximate surface area is 188 Å². The number of nitro benzene ring substituents is 1. The Morgan fingerprint density at radius 2 is 1.88 bits per heavy atom. The first kappa shape index (κ1) is 21.9. The summed E-state index contributed by atoms with van der Waals surface area (Å²) in [4.78, 5) is 28.6. The van der Waals surface area contributed by atoms with Crippen LogP contribution in [-0.2, 0) is 10.0 Å². The lowest BCUT2D eigenvalue weighted by molar-refractivity contribution is -0.384. The van der Waals surface area contributed by atoms with Crippen molar-refractivity contribution in [3.8, 4) is 0 Å². The van der Waals surface area contributed by atoms with Gasteiger partial charge in [-0.25, -0.2) is 13.2 Å². The van der Waals surface area contributed by atoms with Crippen LogP contribution >= 0.6 is 11.6 Å². The third-order valence-electron chi connectivity index (χ3n) is 5.18. The quantitative estimate of drug-likeness (QED) is 0.455. The number of nitrogens with one attached hydrogen (secondary N) is 1. The lowest BCUT2D eigenvalue weighted by Crippen LogP contribution is -2.51. The van der Waals surface area contributed by atoms with Gasteiger partial charge in [-0.15, -0.1) is 0 Å². The van der Waals surface area contributed by atoms with Crippen LogP contribution in [0.15, 0.2) is 59.8 Å². The number of aromatic nitrogens is 1. The van der Waals surface area contributed by atoms with Crippen LogP contribution in [-0.4, -0.2) is 59.7 Å². The fraction of sp³-hybridized carbons (Fsp3) is 0.200. The maximum atomic E-state index is 13.2.